The molecular formula is C27H38N2O3. The second-order valence-corrected chi connectivity index (χ2v) is 9.44. The van der Waals surface area contributed by atoms with Crippen LogP contribution in [0.25, 0.3) is 0 Å². The van der Waals surface area contributed by atoms with Gasteiger partial charge in [-0.3, -0.25) is 9.69 Å². The first-order chi connectivity index (χ1) is 15.4. The summed E-state index contributed by atoms with van der Waals surface area (Å²) in [4.78, 5) is 15.5. The number of ether oxygens (including phenoxy) is 2. The van der Waals surface area contributed by atoms with Crippen molar-refractivity contribution in [1.29, 1.82) is 0 Å². The first-order valence-corrected chi connectivity index (χ1v) is 11.8. The van der Waals surface area contributed by atoms with Gasteiger partial charge in [-0.25, -0.2) is 0 Å². The summed E-state index contributed by atoms with van der Waals surface area (Å²) in [5.41, 5.74) is 3.23. The summed E-state index contributed by atoms with van der Waals surface area (Å²) in [6.07, 6.45) is 2.03. The number of carbonyl (C=O) groups excluding carboxylic acids is 1. The van der Waals surface area contributed by atoms with Crippen LogP contribution in [0.15, 0.2) is 48.5 Å². The number of amides is 1. The molecule has 1 amide bonds. The van der Waals surface area contributed by atoms with E-state index in [1.807, 2.05) is 24.3 Å². The van der Waals surface area contributed by atoms with Gasteiger partial charge in [-0.1, -0.05) is 70.5 Å². The molecule has 1 heterocycles. The standard InChI is InChI=1S/C27H38N2O3/c1-5-6-17-32-25-10-8-7-9-23(25)26(30)28-20-24(29-15-18-31-19-16-29)21-11-13-22(14-12-21)27(2,3)4/h7-14,24H,5-6,15-20H2,1-4H3,(H,28,30)/t24-/m1/s1. The molecule has 2 aromatic carbocycles. The van der Waals surface area contributed by atoms with Gasteiger partial charge >= 0.3 is 0 Å². The highest BCUT2D eigenvalue weighted by Crippen LogP contribution is 2.27. The average molecular weight is 439 g/mol. The maximum Gasteiger partial charge on any atom is 0.255 e. The van der Waals surface area contributed by atoms with E-state index in [0.29, 0.717) is 24.5 Å². The Morgan fingerprint density at radius 2 is 1.78 bits per heavy atom. The van der Waals surface area contributed by atoms with E-state index < -0.39 is 0 Å². The van der Waals surface area contributed by atoms with E-state index in [1.165, 1.54) is 11.1 Å². The molecule has 0 aromatic heterocycles. The van der Waals surface area contributed by atoms with Crippen molar-refractivity contribution in [3.63, 3.8) is 0 Å². The van der Waals surface area contributed by atoms with E-state index in [1.54, 1.807) is 0 Å². The lowest BCUT2D eigenvalue weighted by Gasteiger charge is -2.35. The lowest BCUT2D eigenvalue weighted by molar-refractivity contribution is 0.0162. The third kappa shape index (κ3) is 6.57. The number of benzene rings is 2. The Labute approximate surface area is 193 Å². The summed E-state index contributed by atoms with van der Waals surface area (Å²) in [6, 6.07) is 16.4. The molecule has 1 N–H and O–H groups in total. The van der Waals surface area contributed by atoms with Gasteiger partial charge in [0, 0.05) is 19.6 Å². The van der Waals surface area contributed by atoms with Crippen LogP contribution >= 0.6 is 0 Å². The fourth-order valence-corrected chi connectivity index (χ4v) is 3.94. The maximum atomic E-state index is 13.1. The van der Waals surface area contributed by atoms with Crippen molar-refractivity contribution in [3.05, 3.63) is 65.2 Å². The van der Waals surface area contributed by atoms with E-state index in [0.717, 1.165) is 39.1 Å². The molecule has 0 radical (unpaired) electrons. The Morgan fingerprint density at radius 1 is 1.09 bits per heavy atom. The van der Waals surface area contributed by atoms with Crippen molar-refractivity contribution in [3.8, 4) is 5.75 Å². The molecule has 2 aromatic rings. The van der Waals surface area contributed by atoms with Gasteiger partial charge in [-0.15, -0.1) is 0 Å². The summed E-state index contributed by atoms with van der Waals surface area (Å²) < 4.78 is 11.4. The fourth-order valence-electron chi connectivity index (χ4n) is 3.94. The van der Waals surface area contributed by atoms with E-state index in [-0.39, 0.29) is 17.4 Å². The van der Waals surface area contributed by atoms with E-state index in [9.17, 15) is 4.79 Å². The third-order valence-electron chi connectivity index (χ3n) is 5.99. The maximum absolute atomic E-state index is 13.1. The van der Waals surface area contributed by atoms with Crippen molar-refractivity contribution in [2.45, 2.75) is 52.0 Å². The molecule has 1 aliphatic heterocycles. The average Bonchev–Trinajstić information content (AvgIpc) is 2.80. The van der Waals surface area contributed by atoms with E-state index in [2.05, 4.69) is 62.2 Å². The van der Waals surface area contributed by atoms with Crippen molar-refractivity contribution < 1.29 is 14.3 Å². The zero-order valence-corrected chi connectivity index (χ0v) is 20.0. The summed E-state index contributed by atoms with van der Waals surface area (Å²) in [7, 11) is 0. The molecule has 1 saturated heterocycles. The van der Waals surface area contributed by atoms with E-state index >= 15 is 0 Å². The molecule has 32 heavy (non-hydrogen) atoms. The van der Waals surface area contributed by atoms with Crippen LogP contribution in [0.2, 0.25) is 0 Å². The van der Waals surface area contributed by atoms with Gasteiger partial charge in [0.2, 0.25) is 0 Å². The number of carbonyl (C=O) groups is 1. The smallest absolute Gasteiger partial charge is 0.255 e. The number of nitrogens with zero attached hydrogens (tertiary/aromatic N) is 1. The molecule has 174 valence electrons. The highest BCUT2D eigenvalue weighted by atomic mass is 16.5. The zero-order chi connectivity index (χ0) is 23.0. The molecule has 5 heteroatoms. The SMILES string of the molecule is CCCCOc1ccccc1C(=O)NC[C@H](c1ccc(C(C)(C)C)cc1)N1CCOCC1. The van der Waals surface area contributed by atoms with Crippen molar-refractivity contribution in [2.75, 3.05) is 39.5 Å². The van der Waals surface area contributed by atoms with Gasteiger partial charge in [0.15, 0.2) is 0 Å². The summed E-state index contributed by atoms with van der Waals surface area (Å²) in [5, 5.41) is 3.17. The van der Waals surface area contributed by atoms with Crippen LogP contribution in [-0.4, -0.2) is 50.3 Å². The quantitative estimate of drug-likeness (QED) is 0.562. The normalized spacial score (nSPS) is 15.9. The van der Waals surface area contributed by atoms with Crippen LogP contribution in [-0.2, 0) is 10.2 Å². The first kappa shape index (κ1) is 24.3. The van der Waals surface area contributed by atoms with Gasteiger partial charge in [0.25, 0.3) is 5.91 Å². The van der Waals surface area contributed by atoms with Gasteiger partial charge in [-0.2, -0.15) is 0 Å². The molecule has 0 unspecified atom stereocenters. The highest BCUT2D eigenvalue weighted by molar-refractivity contribution is 5.96. The predicted octanol–water partition coefficient (Wildman–Crippen LogP) is 4.97. The summed E-state index contributed by atoms with van der Waals surface area (Å²) >= 11 is 0. The number of para-hydroxylation sites is 1. The van der Waals surface area contributed by atoms with Crippen LogP contribution in [0.1, 0.15) is 68.1 Å². The van der Waals surface area contributed by atoms with Crippen LogP contribution in [0.4, 0.5) is 0 Å². The lowest BCUT2D eigenvalue weighted by atomic mass is 9.86. The van der Waals surface area contributed by atoms with Crippen LogP contribution in [0, 0.1) is 0 Å². The minimum absolute atomic E-state index is 0.0957. The zero-order valence-electron chi connectivity index (χ0n) is 20.0. The second kappa shape index (κ2) is 11.5. The fraction of sp³-hybridized carbons (Fsp3) is 0.519. The molecule has 1 fully saturated rings. The minimum atomic E-state index is -0.0957. The molecule has 0 bridgehead atoms. The Bertz CT molecular complexity index is 852. The van der Waals surface area contributed by atoms with Crippen LogP contribution in [0.3, 0.4) is 0 Å². The monoisotopic (exact) mass is 438 g/mol. The Hall–Kier alpha value is -2.37. The summed E-state index contributed by atoms with van der Waals surface area (Å²) in [5.74, 6) is 0.553. The predicted molar refractivity (Wildman–Crippen MR) is 129 cm³/mol. The molecule has 0 aliphatic carbocycles. The lowest BCUT2D eigenvalue weighted by Crippen LogP contribution is -2.43. The Morgan fingerprint density at radius 3 is 2.44 bits per heavy atom. The minimum Gasteiger partial charge on any atom is -0.493 e. The molecule has 1 atom stereocenters. The Balaban J connectivity index is 1.74. The largest absolute Gasteiger partial charge is 0.493 e. The first-order valence-electron chi connectivity index (χ1n) is 11.8. The number of nitrogens with one attached hydrogen (secondary N) is 1. The van der Waals surface area contributed by atoms with Crippen molar-refractivity contribution >= 4 is 5.91 Å². The molecule has 3 rings (SSSR count). The topological polar surface area (TPSA) is 50.8 Å². The van der Waals surface area contributed by atoms with Crippen molar-refractivity contribution in [1.82, 2.24) is 10.2 Å². The Kier molecular flexibility index (Phi) is 8.71. The highest BCUT2D eigenvalue weighted by Gasteiger charge is 2.24. The number of morpholine rings is 1. The second-order valence-electron chi connectivity index (χ2n) is 9.44. The van der Waals surface area contributed by atoms with Gasteiger partial charge in [0.1, 0.15) is 5.75 Å². The third-order valence-corrected chi connectivity index (χ3v) is 5.99. The molecule has 5 nitrogen and oxygen atoms in total. The number of hydrogen-bond acceptors (Lipinski definition) is 4. The summed E-state index contributed by atoms with van der Waals surface area (Å²) in [6.45, 7) is 13.1. The van der Waals surface area contributed by atoms with Gasteiger partial charge < -0.3 is 14.8 Å². The molecule has 0 saturated carbocycles. The van der Waals surface area contributed by atoms with Gasteiger partial charge in [0.05, 0.1) is 31.4 Å². The van der Waals surface area contributed by atoms with Gasteiger partial charge in [-0.05, 0) is 35.1 Å². The number of unbranched alkanes of at least 4 members (excludes halogenated alkanes) is 1. The molecular weight excluding hydrogens is 400 g/mol. The number of rotatable bonds is 9. The van der Waals surface area contributed by atoms with Crippen LogP contribution in [0.5, 0.6) is 5.75 Å². The number of hydrogen-bond donors (Lipinski definition) is 1. The molecule has 1 aliphatic rings. The van der Waals surface area contributed by atoms with E-state index in [4.69, 9.17) is 9.47 Å². The van der Waals surface area contributed by atoms with Crippen LogP contribution < -0.4 is 10.1 Å². The van der Waals surface area contributed by atoms with Crippen molar-refractivity contribution in [2.24, 2.45) is 0 Å². The molecule has 0 spiro atoms.